The lowest BCUT2D eigenvalue weighted by Crippen LogP contribution is -2.24. The van der Waals surface area contributed by atoms with Gasteiger partial charge in [0.25, 0.3) is 5.91 Å². The number of nitrogens with zero attached hydrogens (tertiary/aromatic N) is 1. The number of thiophene rings is 1. The number of nitrogens with two attached hydrogens (primary N) is 1. The van der Waals surface area contributed by atoms with Gasteiger partial charge in [-0.2, -0.15) is 0 Å². The maximum absolute atomic E-state index is 11.5. The molecular formula is C9H14ClN3O3S. The number of rotatable bonds is 6. The molecule has 0 unspecified atom stereocenters. The average molecular weight is 280 g/mol. The van der Waals surface area contributed by atoms with E-state index in [0.29, 0.717) is 18.7 Å². The van der Waals surface area contributed by atoms with Gasteiger partial charge in [0, 0.05) is 18.0 Å². The average Bonchev–Trinajstić information content (AvgIpc) is 2.73. The van der Waals surface area contributed by atoms with Gasteiger partial charge in [-0.1, -0.05) is 11.3 Å². The highest BCUT2D eigenvalue weighted by Gasteiger charge is 2.14. The monoisotopic (exact) mass is 279 g/mol. The largest absolute Gasteiger partial charge is 0.352 e. The van der Waals surface area contributed by atoms with Gasteiger partial charge in [0.05, 0.1) is 10.5 Å². The number of halogens is 1. The predicted molar refractivity (Wildman–Crippen MR) is 68.8 cm³/mol. The highest BCUT2D eigenvalue weighted by Crippen LogP contribution is 2.22. The first-order chi connectivity index (χ1) is 7.65. The summed E-state index contributed by atoms with van der Waals surface area (Å²) in [6, 6.07) is 1.28. The molecule has 6 nitrogen and oxygen atoms in total. The second-order valence-electron chi connectivity index (χ2n) is 3.18. The molecule has 0 bridgehead atoms. The van der Waals surface area contributed by atoms with Crippen molar-refractivity contribution in [3.8, 4) is 0 Å². The van der Waals surface area contributed by atoms with Crippen molar-refractivity contribution in [3.63, 3.8) is 0 Å². The Kier molecular flexibility index (Phi) is 7.44. The summed E-state index contributed by atoms with van der Waals surface area (Å²) in [5.41, 5.74) is 5.64. The summed E-state index contributed by atoms with van der Waals surface area (Å²) in [5, 5.41) is 14.5. The van der Waals surface area contributed by atoms with Crippen LogP contribution >= 0.6 is 23.7 Å². The topological polar surface area (TPSA) is 98.3 Å². The number of carbonyl (C=O) groups excluding carboxylic acids is 1. The minimum absolute atomic E-state index is 0. The van der Waals surface area contributed by atoms with Crippen molar-refractivity contribution >= 4 is 34.7 Å². The molecule has 17 heavy (non-hydrogen) atoms. The summed E-state index contributed by atoms with van der Waals surface area (Å²) in [6.45, 7) is 1.14. The number of unbranched alkanes of at least 4 members (excludes halogenated alkanes) is 1. The molecule has 96 valence electrons. The molecule has 0 saturated carbocycles. The smallest absolute Gasteiger partial charge is 0.324 e. The van der Waals surface area contributed by atoms with Gasteiger partial charge in [0.15, 0.2) is 0 Å². The lowest BCUT2D eigenvalue weighted by Gasteiger charge is -2.01. The number of hydrogen-bond donors (Lipinski definition) is 2. The third kappa shape index (κ3) is 5.12. The van der Waals surface area contributed by atoms with Crippen molar-refractivity contribution < 1.29 is 9.72 Å². The number of hydrogen-bond acceptors (Lipinski definition) is 5. The fourth-order valence-electron chi connectivity index (χ4n) is 1.11. The van der Waals surface area contributed by atoms with Crippen LogP contribution in [0.1, 0.15) is 23.2 Å². The van der Waals surface area contributed by atoms with Crippen LogP contribution in [0.2, 0.25) is 0 Å². The highest BCUT2D eigenvalue weighted by molar-refractivity contribution is 7.13. The van der Waals surface area contributed by atoms with E-state index in [1.165, 1.54) is 11.4 Å². The van der Waals surface area contributed by atoms with Gasteiger partial charge in [-0.3, -0.25) is 14.9 Å². The van der Waals surface area contributed by atoms with Crippen molar-refractivity contribution in [2.45, 2.75) is 12.8 Å². The van der Waals surface area contributed by atoms with Crippen molar-refractivity contribution in [1.29, 1.82) is 0 Å². The summed E-state index contributed by atoms with van der Waals surface area (Å²) in [5.74, 6) is -0.277. The van der Waals surface area contributed by atoms with Crippen LogP contribution in [0, 0.1) is 10.1 Å². The van der Waals surface area contributed by atoms with Gasteiger partial charge in [-0.15, -0.1) is 12.4 Å². The first-order valence-corrected chi connectivity index (χ1v) is 5.74. The summed E-state index contributed by atoms with van der Waals surface area (Å²) in [7, 11) is 0. The van der Waals surface area contributed by atoms with E-state index in [0.717, 1.165) is 24.2 Å². The van der Waals surface area contributed by atoms with E-state index in [-0.39, 0.29) is 23.3 Å². The highest BCUT2D eigenvalue weighted by atomic mass is 35.5. The number of amides is 1. The molecule has 0 aromatic carbocycles. The number of nitro groups is 1. The van der Waals surface area contributed by atoms with Gasteiger partial charge in [-0.25, -0.2) is 0 Å². The maximum Gasteiger partial charge on any atom is 0.324 e. The minimum atomic E-state index is -0.504. The van der Waals surface area contributed by atoms with Gasteiger partial charge in [0.1, 0.15) is 0 Å². The normalized spacial score (nSPS) is 9.47. The second-order valence-corrected chi connectivity index (χ2v) is 4.07. The SMILES string of the molecule is Cl.NCCCCNC(=O)c1csc([N+](=O)[O-])c1. The zero-order valence-corrected chi connectivity index (χ0v) is 10.7. The van der Waals surface area contributed by atoms with Crippen LogP contribution in [0.5, 0.6) is 0 Å². The summed E-state index contributed by atoms with van der Waals surface area (Å²) >= 11 is 0.950. The van der Waals surface area contributed by atoms with Gasteiger partial charge in [-0.05, 0) is 19.4 Å². The van der Waals surface area contributed by atoms with E-state index in [9.17, 15) is 14.9 Å². The fraction of sp³-hybridized carbons (Fsp3) is 0.444. The maximum atomic E-state index is 11.5. The Labute approximate surface area is 109 Å². The Morgan fingerprint density at radius 3 is 2.76 bits per heavy atom. The van der Waals surface area contributed by atoms with Crippen molar-refractivity contribution in [3.05, 3.63) is 27.1 Å². The molecule has 1 rings (SSSR count). The molecule has 0 aliphatic carbocycles. The van der Waals surface area contributed by atoms with Crippen LogP contribution in [0.15, 0.2) is 11.4 Å². The van der Waals surface area contributed by atoms with Gasteiger partial charge < -0.3 is 11.1 Å². The molecule has 1 heterocycles. The molecule has 0 radical (unpaired) electrons. The lowest BCUT2D eigenvalue weighted by atomic mass is 10.3. The Morgan fingerprint density at radius 1 is 1.53 bits per heavy atom. The zero-order valence-electron chi connectivity index (χ0n) is 9.05. The molecule has 0 fully saturated rings. The third-order valence-corrected chi connectivity index (χ3v) is 2.82. The summed E-state index contributed by atoms with van der Waals surface area (Å²) < 4.78 is 0. The van der Waals surface area contributed by atoms with E-state index < -0.39 is 4.92 Å². The summed E-state index contributed by atoms with van der Waals surface area (Å²) in [6.07, 6.45) is 1.67. The molecule has 8 heteroatoms. The molecule has 0 atom stereocenters. The Hall–Kier alpha value is -1.18. The van der Waals surface area contributed by atoms with E-state index in [2.05, 4.69) is 5.32 Å². The van der Waals surface area contributed by atoms with E-state index in [1.54, 1.807) is 0 Å². The minimum Gasteiger partial charge on any atom is -0.352 e. The van der Waals surface area contributed by atoms with Crippen LogP contribution < -0.4 is 11.1 Å². The van der Waals surface area contributed by atoms with E-state index in [4.69, 9.17) is 5.73 Å². The molecule has 1 aromatic rings. The fourth-order valence-corrected chi connectivity index (χ4v) is 1.82. The third-order valence-electron chi connectivity index (χ3n) is 1.94. The quantitative estimate of drug-likeness (QED) is 0.469. The summed E-state index contributed by atoms with van der Waals surface area (Å²) in [4.78, 5) is 21.4. The van der Waals surface area contributed by atoms with E-state index in [1.807, 2.05) is 0 Å². The van der Waals surface area contributed by atoms with Gasteiger partial charge >= 0.3 is 5.00 Å². The standard InChI is InChI=1S/C9H13N3O3S.ClH/c10-3-1-2-4-11-9(13)7-5-8(12(14)15)16-6-7;/h5-6H,1-4,10H2,(H,11,13);1H. The number of carbonyl (C=O) groups is 1. The zero-order chi connectivity index (χ0) is 12.0. The van der Waals surface area contributed by atoms with Gasteiger partial charge in [0.2, 0.25) is 0 Å². The second kappa shape index (κ2) is 7.99. The molecule has 1 aromatic heterocycles. The molecule has 3 N–H and O–H groups in total. The lowest BCUT2D eigenvalue weighted by molar-refractivity contribution is -0.380. The molecule has 0 aliphatic heterocycles. The Bertz CT molecular complexity index is 383. The van der Waals surface area contributed by atoms with Crippen LogP contribution in [-0.4, -0.2) is 23.9 Å². The van der Waals surface area contributed by atoms with Crippen LogP contribution in [-0.2, 0) is 0 Å². The first-order valence-electron chi connectivity index (χ1n) is 4.86. The molecule has 0 aliphatic rings. The Balaban J connectivity index is 0.00000256. The van der Waals surface area contributed by atoms with E-state index >= 15 is 0 Å². The molecule has 0 spiro atoms. The molecular weight excluding hydrogens is 266 g/mol. The van der Waals surface area contributed by atoms with Crippen LogP contribution in [0.25, 0.3) is 0 Å². The van der Waals surface area contributed by atoms with Crippen molar-refractivity contribution in [2.75, 3.05) is 13.1 Å². The first kappa shape index (κ1) is 15.8. The van der Waals surface area contributed by atoms with Crippen LogP contribution in [0.4, 0.5) is 5.00 Å². The van der Waals surface area contributed by atoms with Crippen molar-refractivity contribution in [1.82, 2.24) is 5.32 Å². The Morgan fingerprint density at radius 2 is 2.24 bits per heavy atom. The van der Waals surface area contributed by atoms with Crippen molar-refractivity contribution in [2.24, 2.45) is 5.73 Å². The molecule has 1 amide bonds. The number of nitrogens with one attached hydrogen (secondary N) is 1. The van der Waals surface area contributed by atoms with Crippen LogP contribution in [0.3, 0.4) is 0 Å². The molecule has 0 saturated heterocycles. The predicted octanol–water partition coefficient (Wildman–Crippen LogP) is 1.55.